The van der Waals surface area contributed by atoms with Gasteiger partial charge >= 0.3 is 5.97 Å². The molecule has 1 N–H and O–H groups in total. The van der Waals surface area contributed by atoms with E-state index in [4.69, 9.17) is 20.8 Å². The number of furan rings is 1. The zero-order valence-corrected chi connectivity index (χ0v) is 12.6. The number of nitrogens with one attached hydrogen (secondary N) is 1. The molecule has 0 radical (unpaired) electrons. The Kier molecular flexibility index (Phi) is 4.82. The Morgan fingerprint density at radius 2 is 2.09 bits per heavy atom. The monoisotopic (exact) mass is 325 g/mol. The zero-order chi connectivity index (χ0) is 16.3. The van der Waals surface area contributed by atoms with Crippen LogP contribution in [0.4, 0.5) is 10.1 Å². The van der Waals surface area contributed by atoms with Crippen molar-refractivity contribution in [2.24, 2.45) is 0 Å². The van der Waals surface area contributed by atoms with Crippen LogP contribution in [0.25, 0.3) is 0 Å². The number of aryl methyl sites for hydroxylation is 1. The largest absolute Gasteiger partial charge is 0.469 e. The summed E-state index contributed by atoms with van der Waals surface area (Å²) in [5.41, 5.74) is 0.559. The highest BCUT2D eigenvalue weighted by molar-refractivity contribution is 6.31. The third-order valence-corrected chi connectivity index (χ3v) is 3.21. The zero-order valence-electron chi connectivity index (χ0n) is 11.9. The minimum absolute atomic E-state index is 0.114. The van der Waals surface area contributed by atoms with Crippen LogP contribution in [0.2, 0.25) is 5.02 Å². The van der Waals surface area contributed by atoms with Crippen LogP contribution in [-0.2, 0) is 9.53 Å². The molecule has 0 fully saturated rings. The molecule has 2 rings (SSSR count). The number of anilines is 1. The molecular weight excluding hydrogens is 313 g/mol. The van der Waals surface area contributed by atoms with Gasteiger partial charge in [0.15, 0.2) is 6.10 Å². The topological polar surface area (TPSA) is 68.5 Å². The van der Waals surface area contributed by atoms with Gasteiger partial charge in [-0.05, 0) is 38.1 Å². The van der Waals surface area contributed by atoms with Crippen LogP contribution in [0.1, 0.15) is 23.0 Å². The second-order valence-electron chi connectivity index (χ2n) is 4.56. The molecule has 0 saturated heterocycles. The predicted molar refractivity (Wildman–Crippen MR) is 78.4 cm³/mol. The normalized spacial score (nSPS) is 11.8. The summed E-state index contributed by atoms with van der Waals surface area (Å²) in [4.78, 5) is 23.8. The van der Waals surface area contributed by atoms with Crippen molar-refractivity contribution >= 4 is 29.2 Å². The lowest BCUT2D eigenvalue weighted by atomic mass is 10.2. The van der Waals surface area contributed by atoms with Crippen molar-refractivity contribution in [1.29, 1.82) is 0 Å². The van der Waals surface area contributed by atoms with Gasteiger partial charge in [-0.15, -0.1) is 0 Å². The summed E-state index contributed by atoms with van der Waals surface area (Å²) in [6.45, 7) is 3.04. The first-order valence-electron chi connectivity index (χ1n) is 6.39. The van der Waals surface area contributed by atoms with Crippen molar-refractivity contribution in [2.75, 3.05) is 5.32 Å². The van der Waals surface area contributed by atoms with Gasteiger partial charge in [-0.3, -0.25) is 4.79 Å². The Hall–Kier alpha value is -2.34. The van der Waals surface area contributed by atoms with Gasteiger partial charge in [-0.1, -0.05) is 11.6 Å². The highest BCUT2D eigenvalue weighted by atomic mass is 35.5. The molecule has 1 atom stereocenters. The summed E-state index contributed by atoms with van der Waals surface area (Å²) < 4.78 is 23.1. The van der Waals surface area contributed by atoms with Crippen molar-refractivity contribution in [1.82, 2.24) is 0 Å². The molecule has 1 amide bonds. The van der Waals surface area contributed by atoms with Crippen LogP contribution < -0.4 is 5.32 Å². The molecule has 0 aliphatic rings. The number of halogens is 2. The Morgan fingerprint density at radius 1 is 1.36 bits per heavy atom. The van der Waals surface area contributed by atoms with Gasteiger partial charge < -0.3 is 14.5 Å². The van der Waals surface area contributed by atoms with E-state index in [1.54, 1.807) is 6.92 Å². The summed E-state index contributed by atoms with van der Waals surface area (Å²) in [5, 5.41) is 2.37. The van der Waals surface area contributed by atoms with E-state index in [1.165, 1.54) is 31.4 Å². The van der Waals surface area contributed by atoms with Gasteiger partial charge in [-0.25, -0.2) is 9.18 Å². The first kappa shape index (κ1) is 16.0. The molecule has 0 unspecified atom stereocenters. The fourth-order valence-corrected chi connectivity index (χ4v) is 1.87. The predicted octanol–water partition coefficient (Wildman–Crippen LogP) is 3.56. The highest BCUT2D eigenvalue weighted by Crippen LogP contribution is 2.19. The van der Waals surface area contributed by atoms with Crippen molar-refractivity contribution in [3.05, 3.63) is 52.7 Å². The van der Waals surface area contributed by atoms with Gasteiger partial charge in [0, 0.05) is 5.69 Å². The van der Waals surface area contributed by atoms with Gasteiger partial charge in [0.2, 0.25) is 0 Å². The van der Waals surface area contributed by atoms with Gasteiger partial charge in [0.25, 0.3) is 5.91 Å². The SMILES string of the molecule is Cc1occc1C(=O)O[C@H](C)C(=O)Nc1ccc(F)c(Cl)c1. The van der Waals surface area contributed by atoms with Crippen molar-refractivity contribution < 1.29 is 23.1 Å². The van der Waals surface area contributed by atoms with Crippen molar-refractivity contribution in [2.45, 2.75) is 20.0 Å². The van der Waals surface area contributed by atoms with Crippen LogP contribution in [0.15, 0.2) is 34.9 Å². The number of esters is 1. The highest BCUT2D eigenvalue weighted by Gasteiger charge is 2.21. The summed E-state index contributed by atoms with van der Waals surface area (Å²) >= 11 is 5.62. The van der Waals surface area contributed by atoms with E-state index in [-0.39, 0.29) is 10.6 Å². The number of benzene rings is 1. The van der Waals surface area contributed by atoms with E-state index in [9.17, 15) is 14.0 Å². The second-order valence-corrected chi connectivity index (χ2v) is 4.96. The fourth-order valence-electron chi connectivity index (χ4n) is 1.69. The fraction of sp³-hybridized carbons (Fsp3) is 0.200. The number of hydrogen-bond acceptors (Lipinski definition) is 4. The lowest BCUT2D eigenvalue weighted by molar-refractivity contribution is -0.123. The minimum atomic E-state index is -1.04. The smallest absolute Gasteiger partial charge is 0.342 e. The van der Waals surface area contributed by atoms with Crippen LogP contribution in [0.3, 0.4) is 0 Å². The molecule has 0 bridgehead atoms. The van der Waals surface area contributed by atoms with Crippen molar-refractivity contribution in [3.63, 3.8) is 0 Å². The molecule has 1 aromatic heterocycles. The third kappa shape index (κ3) is 3.65. The number of ether oxygens (including phenoxy) is 1. The molecule has 2 aromatic rings. The van der Waals surface area contributed by atoms with E-state index in [1.807, 2.05) is 0 Å². The van der Waals surface area contributed by atoms with Crippen LogP contribution in [-0.4, -0.2) is 18.0 Å². The molecule has 0 aliphatic heterocycles. The molecule has 1 aromatic carbocycles. The first-order valence-corrected chi connectivity index (χ1v) is 6.77. The average Bonchev–Trinajstić information content (AvgIpc) is 2.89. The van der Waals surface area contributed by atoms with Crippen molar-refractivity contribution in [3.8, 4) is 0 Å². The maximum absolute atomic E-state index is 13.0. The van der Waals surface area contributed by atoms with Gasteiger partial charge in [0.05, 0.1) is 11.3 Å². The van der Waals surface area contributed by atoms with E-state index in [2.05, 4.69) is 5.32 Å². The number of rotatable bonds is 4. The summed E-state index contributed by atoms with van der Waals surface area (Å²) in [6, 6.07) is 5.21. The molecule has 0 spiro atoms. The maximum Gasteiger partial charge on any atom is 0.342 e. The first-order chi connectivity index (χ1) is 10.4. The number of hydrogen-bond donors (Lipinski definition) is 1. The molecule has 7 heteroatoms. The molecule has 22 heavy (non-hydrogen) atoms. The minimum Gasteiger partial charge on any atom is -0.469 e. The lowest BCUT2D eigenvalue weighted by Crippen LogP contribution is -2.30. The number of carbonyl (C=O) groups is 2. The van der Waals surface area contributed by atoms with Crippen LogP contribution in [0.5, 0.6) is 0 Å². The third-order valence-electron chi connectivity index (χ3n) is 2.92. The van der Waals surface area contributed by atoms with E-state index in [0.717, 1.165) is 6.07 Å². The molecule has 0 saturated carbocycles. The van der Waals surface area contributed by atoms with Crippen LogP contribution >= 0.6 is 11.6 Å². The Morgan fingerprint density at radius 3 is 2.68 bits per heavy atom. The quantitative estimate of drug-likeness (QED) is 0.873. The molecule has 5 nitrogen and oxygen atoms in total. The maximum atomic E-state index is 13.0. The molecule has 1 heterocycles. The second kappa shape index (κ2) is 6.62. The molecule has 116 valence electrons. The summed E-state index contributed by atoms with van der Waals surface area (Å²) in [6.07, 6.45) is 0.322. The Labute approximate surface area is 131 Å². The lowest BCUT2D eigenvalue weighted by Gasteiger charge is -2.13. The van der Waals surface area contributed by atoms with Crippen LogP contribution in [0, 0.1) is 12.7 Å². The summed E-state index contributed by atoms with van der Waals surface area (Å²) in [5.74, 6) is -1.40. The molecular formula is C15H13ClFNO4. The van der Waals surface area contributed by atoms with Gasteiger partial charge in [0.1, 0.15) is 17.1 Å². The van der Waals surface area contributed by atoms with E-state index < -0.39 is 23.8 Å². The Balaban J connectivity index is 1.98. The Bertz CT molecular complexity index is 713. The van der Waals surface area contributed by atoms with Gasteiger partial charge in [-0.2, -0.15) is 0 Å². The summed E-state index contributed by atoms with van der Waals surface area (Å²) in [7, 11) is 0. The van der Waals surface area contributed by atoms with E-state index in [0.29, 0.717) is 11.4 Å². The number of carbonyl (C=O) groups excluding carboxylic acids is 2. The average molecular weight is 326 g/mol. The number of amides is 1. The molecule has 0 aliphatic carbocycles. The standard InChI is InChI=1S/C15H13ClFNO4/c1-8-11(5-6-21-8)15(20)22-9(2)14(19)18-10-3-4-13(17)12(16)7-10/h3-7,9H,1-2H3,(H,18,19)/t9-/m1/s1. The van der Waals surface area contributed by atoms with E-state index >= 15 is 0 Å².